The summed E-state index contributed by atoms with van der Waals surface area (Å²) < 4.78 is 82.5. The van der Waals surface area contributed by atoms with E-state index in [-0.39, 0.29) is 53.2 Å². The molecule has 2 aromatic carbocycles. The van der Waals surface area contributed by atoms with Crippen molar-refractivity contribution in [3.8, 4) is 29.1 Å². The Morgan fingerprint density at radius 2 is 1.89 bits per heavy atom. The smallest absolute Gasteiger partial charge is 0.163 e. The van der Waals surface area contributed by atoms with Gasteiger partial charge in [-0.15, -0.1) is 0 Å². The first-order valence-corrected chi connectivity index (χ1v) is 11.2. The molecular formula is C26H30ClN5O4. The van der Waals surface area contributed by atoms with E-state index in [2.05, 4.69) is 16.4 Å². The Labute approximate surface area is 227 Å². The van der Waals surface area contributed by atoms with Gasteiger partial charge >= 0.3 is 0 Å². The van der Waals surface area contributed by atoms with Crippen LogP contribution in [0, 0.1) is 11.3 Å². The number of ether oxygens (including phenoxy) is 3. The van der Waals surface area contributed by atoms with Crippen molar-refractivity contribution in [2.45, 2.75) is 6.42 Å². The highest BCUT2D eigenvalue weighted by atomic mass is 35.5. The number of phenolic OH excluding ortho intramolecular Hbond substituents is 1. The zero-order valence-electron chi connectivity index (χ0n) is 27.8. The Kier molecular flexibility index (Phi) is 5.47. The van der Waals surface area contributed by atoms with Gasteiger partial charge in [-0.05, 0) is 19.5 Å². The molecule has 10 heteroatoms. The number of piperazine rings is 1. The lowest BCUT2D eigenvalue weighted by atomic mass is 10.1. The Morgan fingerprint density at radius 1 is 1.14 bits per heavy atom. The summed E-state index contributed by atoms with van der Waals surface area (Å²) in [6.45, 7) is -11.9. The van der Waals surface area contributed by atoms with Crippen LogP contribution < -0.4 is 19.5 Å². The minimum Gasteiger partial charge on any atom is -0.504 e. The number of methoxy groups -OCH3 is 2. The molecule has 1 aliphatic heterocycles. The molecule has 1 saturated heterocycles. The maximum absolute atomic E-state index is 10.0. The minimum atomic E-state index is -2.87. The summed E-state index contributed by atoms with van der Waals surface area (Å²) in [5, 5.41) is 23.5. The van der Waals surface area contributed by atoms with Crippen molar-refractivity contribution in [3.05, 3.63) is 41.0 Å². The van der Waals surface area contributed by atoms with Crippen molar-refractivity contribution in [2.75, 3.05) is 65.7 Å². The molecule has 1 aliphatic rings. The van der Waals surface area contributed by atoms with Gasteiger partial charge in [0, 0.05) is 73.3 Å². The first-order chi connectivity index (χ1) is 20.4. The van der Waals surface area contributed by atoms with Crippen LogP contribution in [0.3, 0.4) is 0 Å². The number of nitriles is 1. The van der Waals surface area contributed by atoms with Crippen molar-refractivity contribution in [3.63, 3.8) is 0 Å². The first-order valence-electron chi connectivity index (χ1n) is 14.8. The van der Waals surface area contributed by atoms with Crippen molar-refractivity contribution in [1.29, 1.82) is 5.26 Å². The molecule has 0 radical (unpaired) electrons. The van der Waals surface area contributed by atoms with Gasteiger partial charge in [0.15, 0.2) is 23.0 Å². The molecule has 0 unspecified atom stereocenters. The number of anilines is 2. The third-order valence-corrected chi connectivity index (χ3v) is 5.60. The van der Waals surface area contributed by atoms with Gasteiger partial charge in [-0.25, -0.2) is 0 Å². The number of hydrogen-bond acceptors (Lipinski definition) is 9. The molecule has 3 aromatic rings. The number of likely N-dealkylation sites (N-methyl/N-ethyl adjacent to an activating group) is 1. The number of aromatic hydroxyl groups is 1. The van der Waals surface area contributed by atoms with Gasteiger partial charge in [0.25, 0.3) is 0 Å². The normalized spacial score (nSPS) is 23.3. The average Bonchev–Trinajstić information content (AvgIpc) is 2.96. The lowest BCUT2D eigenvalue weighted by molar-refractivity contribution is 0.145. The number of pyridine rings is 1. The fraction of sp³-hybridized carbons (Fsp3) is 0.385. The van der Waals surface area contributed by atoms with Crippen LogP contribution >= 0.6 is 11.6 Å². The van der Waals surface area contributed by atoms with E-state index in [4.69, 9.17) is 36.8 Å². The number of aromatic nitrogens is 1. The summed E-state index contributed by atoms with van der Waals surface area (Å²) in [5.41, 5.74) is 1.28. The molecular weight excluding hydrogens is 482 g/mol. The van der Waals surface area contributed by atoms with Crippen molar-refractivity contribution < 1.29 is 30.3 Å². The Hall–Kier alpha value is -3.45. The maximum atomic E-state index is 10.0. The molecule has 1 fully saturated rings. The van der Waals surface area contributed by atoms with Crippen LogP contribution in [0.4, 0.5) is 11.4 Å². The van der Waals surface area contributed by atoms with Crippen molar-refractivity contribution in [1.82, 2.24) is 14.8 Å². The average molecular weight is 520 g/mol. The first kappa shape index (κ1) is 17.1. The lowest BCUT2D eigenvalue weighted by Crippen LogP contribution is -2.44. The van der Waals surface area contributed by atoms with E-state index in [1.54, 1.807) is 12.1 Å². The molecule has 1 aromatic heterocycles. The fourth-order valence-electron chi connectivity index (χ4n) is 3.47. The molecule has 4 rings (SSSR count). The second kappa shape index (κ2) is 11.5. The van der Waals surface area contributed by atoms with E-state index in [1.165, 1.54) is 32.5 Å². The largest absolute Gasteiger partial charge is 0.504 e. The lowest BCUT2D eigenvalue weighted by Gasteiger charge is -2.32. The van der Waals surface area contributed by atoms with E-state index < -0.39 is 26.0 Å². The third kappa shape index (κ3) is 5.68. The minimum absolute atomic E-state index is 0.00484. The number of phenols is 1. The van der Waals surface area contributed by atoms with Gasteiger partial charge in [0.05, 0.1) is 48.3 Å². The standard InChI is InChI=1S/C26H30ClN5O4/c1-31-6-8-32(9-7-31)5-4-10-36-25-13-20-18(11-24(25)35-3)26(17(15-28)16-29-20)30-21-14-23(34-2)22(33)12-19(21)27/h11-14,16,33H,4-10H2,1-3H3,(H,29,30)/i6D2,7D2,8D2,9D2. The summed E-state index contributed by atoms with van der Waals surface area (Å²) in [6, 6.07) is 8.00. The third-order valence-electron chi connectivity index (χ3n) is 5.29. The molecule has 0 atom stereocenters. The zero-order valence-corrected chi connectivity index (χ0v) is 20.6. The number of rotatable bonds is 9. The number of halogens is 1. The van der Waals surface area contributed by atoms with E-state index in [0.717, 1.165) is 7.05 Å². The molecule has 0 spiro atoms. The monoisotopic (exact) mass is 519 g/mol. The van der Waals surface area contributed by atoms with Crippen LogP contribution in [0.1, 0.15) is 23.0 Å². The van der Waals surface area contributed by atoms with Crippen LogP contribution in [0.15, 0.2) is 30.5 Å². The van der Waals surface area contributed by atoms with Crippen molar-refractivity contribution >= 4 is 33.9 Å². The van der Waals surface area contributed by atoms with E-state index in [1.807, 2.05) is 0 Å². The topological polar surface area (TPSA) is 103 Å². The van der Waals surface area contributed by atoms with E-state index in [9.17, 15) is 10.4 Å². The molecule has 0 bridgehead atoms. The summed E-state index contributed by atoms with van der Waals surface area (Å²) in [6.07, 6.45) is 1.36. The van der Waals surface area contributed by atoms with Crippen LogP contribution in [0.2, 0.25) is 5.02 Å². The van der Waals surface area contributed by atoms with Gasteiger partial charge in [-0.3, -0.25) is 4.98 Å². The Morgan fingerprint density at radius 3 is 2.58 bits per heavy atom. The molecule has 0 amide bonds. The van der Waals surface area contributed by atoms with Crippen LogP contribution in [0.5, 0.6) is 23.0 Å². The molecule has 2 N–H and O–H groups in total. The highest BCUT2D eigenvalue weighted by Gasteiger charge is 2.17. The Balaban J connectivity index is 1.60. The van der Waals surface area contributed by atoms with Crippen molar-refractivity contribution in [2.24, 2.45) is 0 Å². The van der Waals surface area contributed by atoms with E-state index in [0.29, 0.717) is 32.1 Å². The number of fused-ring (bicyclic) bond motifs is 1. The van der Waals surface area contributed by atoms with Gasteiger partial charge in [0.1, 0.15) is 6.07 Å². The summed E-state index contributed by atoms with van der Waals surface area (Å²) in [5.74, 6) is 0.489. The Bertz CT molecular complexity index is 1590. The summed E-state index contributed by atoms with van der Waals surface area (Å²) >= 11 is 6.32. The fourth-order valence-corrected chi connectivity index (χ4v) is 3.68. The molecule has 2 heterocycles. The number of nitrogens with zero attached hydrogens (tertiary/aromatic N) is 4. The maximum Gasteiger partial charge on any atom is 0.163 e. The molecule has 36 heavy (non-hydrogen) atoms. The molecule has 0 saturated carbocycles. The van der Waals surface area contributed by atoms with Gasteiger partial charge < -0.3 is 34.4 Å². The van der Waals surface area contributed by atoms with E-state index >= 15 is 0 Å². The quantitative estimate of drug-likeness (QED) is 0.317. The van der Waals surface area contributed by atoms with Gasteiger partial charge in [-0.1, -0.05) is 11.6 Å². The summed E-state index contributed by atoms with van der Waals surface area (Å²) in [7, 11) is 3.80. The summed E-state index contributed by atoms with van der Waals surface area (Å²) in [4.78, 5) is 5.33. The molecule has 9 nitrogen and oxygen atoms in total. The number of benzene rings is 2. The second-order valence-electron chi connectivity index (χ2n) is 7.67. The zero-order chi connectivity index (χ0) is 32.8. The SMILES string of the molecule is [2H]C1([2H])N(C)C([2H])([2H])C([2H])([2H])N(CCCOc2cc3ncc(C#N)c(Nc4cc(OC)c(O)cc4Cl)c3cc2OC)C1([2H])[2H]. The predicted octanol–water partition coefficient (Wildman–Crippen LogP) is 4.24. The molecule has 190 valence electrons. The van der Waals surface area contributed by atoms with Crippen LogP contribution in [-0.2, 0) is 0 Å². The van der Waals surface area contributed by atoms with Gasteiger partial charge in [-0.2, -0.15) is 5.26 Å². The predicted molar refractivity (Wildman–Crippen MR) is 140 cm³/mol. The van der Waals surface area contributed by atoms with Crippen LogP contribution in [0.25, 0.3) is 10.9 Å². The highest BCUT2D eigenvalue weighted by Crippen LogP contribution is 2.40. The van der Waals surface area contributed by atoms with Crippen LogP contribution in [-0.4, -0.2) is 80.3 Å². The second-order valence-corrected chi connectivity index (χ2v) is 8.07. The number of hydrogen-bond donors (Lipinski definition) is 2. The molecule has 0 aliphatic carbocycles. The highest BCUT2D eigenvalue weighted by molar-refractivity contribution is 6.33. The van der Waals surface area contributed by atoms with Gasteiger partial charge in [0.2, 0.25) is 0 Å². The number of nitrogens with one attached hydrogen (secondary N) is 1.